The van der Waals surface area contributed by atoms with E-state index in [0.717, 1.165) is 64.2 Å². The van der Waals surface area contributed by atoms with Gasteiger partial charge in [0.1, 0.15) is 55.4 Å². The number of carbonyl (C=O) groups is 2. The molecule has 0 saturated carbocycles. The summed E-state index contributed by atoms with van der Waals surface area (Å²) in [5.74, 6) is -1.00. The van der Waals surface area contributed by atoms with Crippen LogP contribution in [-0.2, 0) is 38.0 Å². The van der Waals surface area contributed by atoms with Crippen molar-refractivity contribution in [2.24, 2.45) is 0 Å². The molecule has 58 heavy (non-hydrogen) atoms. The SMILES string of the molecule is CC/C=C/C=C/C=C/CCCCCCCC(=O)OC(COC(=O)CCCC/C=C/C/C=C/CC)CO[C@@H]1O[C@H](CO[C@@H]2O[C@H](CO)[C@H](O)C(O)C2O)[C@H](O)C(O)C1O. The molecule has 2 saturated heterocycles. The fraction of sp³-hybridized carbons (Fsp3) is 0.721. The van der Waals surface area contributed by atoms with Gasteiger partial charge < -0.3 is 64.2 Å². The van der Waals surface area contributed by atoms with Crippen LogP contribution in [0.3, 0.4) is 0 Å². The standard InChI is InChI=1S/C43H70O15/c1-3-5-7-9-11-13-14-15-16-18-20-22-24-26-35(46)56-31(28-53-34(45)25-23-21-19-17-12-10-8-6-4-2)29-54-42-41(52)39(50)37(48)33(58-42)30-55-43-40(51)38(49)36(47)32(27-44)57-43/h5-9,11-14,17,31-33,36-44,47-52H,3-4,10,15-16,18-30H2,1-2H3/b7-5+,8-6+,11-9+,14-13+,17-12+/t31?,32-,33-,36+,37+,38?,39?,40?,41?,42-,43-/m1/s1. The van der Waals surface area contributed by atoms with Crippen molar-refractivity contribution in [3.8, 4) is 0 Å². The minimum atomic E-state index is -1.77. The van der Waals surface area contributed by atoms with Crippen LogP contribution in [0, 0.1) is 0 Å². The van der Waals surface area contributed by atoms with E-state index in [1.165, 1.54) is 0 Å². The van der Waals surface area contributed by atoms with Crippen LogP contribution < -0.4 is 0 Å². The molecule has 0 aromatic carbocycles. The zero-order chi connectivity index (χ0) is 42.5. The Hall–Kier alpha value is -2.80. The number of aliphatic hydroxyl groups is 7. The van der Waals surface area contributed by atoms with Gasteiger partial charge in [0.15, 0.2) is 18.7 Å². The molecule has 2 aliphatic rings. The quantitative estimate of drug-likeness (QED) is 0.0248. The summed E-state index contributed by atoms with van der Waals surface area (Å²) in [4.78, 5) is 25.4. The third-order valence-corrected chi connectivity index (χ3v) is 9.55. The van der Waals surface area contributed by atoms with Gasteiger partial charge in [-0.05, 0) is 57.8 Å². The molecule has 0 aromatic heterocycles. The molecule has 332 valence electrons. The third kappa shape index (κ3) is 20.4. The van der Waals surface area contributed by atoms with Crippen molar-refractivity contribution in [1.29, 1.82) is 0 Å². The van der Waals surface area contributed by atoms with Crippen molar-refractivity contribution >= 4 is 11.9 Å². The van der Waals surface area contributed by atoms with Crippen molar-refractivity contribution in [1.82, 2.24) is 0 Å². The number of hydrogen-bond acceptors (Lipinski definition) is 15. The minimum Gasteiger partial charge on any atom is -0.462 e. The number of unbranched alkanes of at least 4 members (excludes halogenated alkanes) is 7. The van der Waals surface area contributed by atoms with E-state index < -0.39 is 99.3 Å². The van der Waals surface area contributed by atoms with E-state index >= 15 is 0 Å². The molecule has 2 rings (SSSR count). The Morgan fingerprint density at radius 2 is 1.12 bits per heavy atom. The second-order valence-corrected chi connectivity index (χ2v) is 14.5. The first-order valence-electron chi connectivity index (χ1n) is 20.9. The van der Waals surface area contributed by atoms with E-state index in [-0.39, 0.29) is 19.4 Å². The minimum absolute atomic E-state index is 0.132. The highest BCUT2D eigenvalue weighted by atomic mass is 16.7. The zero-order valence-corrected chi connectivity index (χ0v) is 34.2. The molecule has 11 atom stereocenters. The molecule has 15 heteroatoms. The fourth-order valence-electron chi connectivity index (χ4n) is 6.07. The Morgan fingerprint density at radius 1 is 0.569 bits per heavy atom. The Bertz CT molecular complexity index is 1250. The van der Waals surface area contributed by atoms with E-state index in [0.29, 0.717) is 12.8 Å². The Kier molecular flexibility index (Phi) is 27.6. The zero-order valence-electron chi connectivity index (χ0n) is 34.2. The molecule has 2 fully saturated rings. The van der Waals surface area contributed by atoms with Crippen LogP contribution in [0.4, 0.5) is 0 Å². The highest BCUT2D eigenvalue weighted by molar-refractivity contribution is 5.70. The smallest absolute Gasteiger partial charge is 0.306 e. The first-order valence-corrected chi connectivity index (χ1v) is 20.9. The van der Waals surface area contributed by atoms with E-state index in [1.807, 2.05) is 24.3 Å². The second kappa shape index (κ2) is 31.1. The van der Waals surface area contributed by atoms with E-state index in [4.69, 9.17) is 28.4 Å². The maximum absolute atomic E-state index is 12.9. The van der Waals surface area contributed by atoms with Crippen LogP contribution >= 0.6 is 0 Å². The third-order valence-electron chi connectivity index (χ3n) is 9.55. The molecular formula is C43H70O15. The van der Waals surface area contributed by atoms with Crippen LogP contribution in [0.25, 0.3) is 0 Å². The van der Waals surface area contributed by atoms with Crippen LogP contribution in [0.2, 0.25) is 0 Å². The van der Waals surface area contributed by atoms with Crippen LogP contribution in [0.5, 0.6) is 0 Å². The van der Waals surface area contributed by atoms with Crippen molar-refractivity contribution in [3.63, 3.8) is 0 Å². The lowest BCUT2D eigenvalue weighted by Crippen LogP contribution is -2.61. The Balaban J connectivity index is 1.91. The number of hydrogen-bond donors (Lipinski definition) is 7. The molecule has 0 aromatic rings. The number of aliphatic hydroxyl groups excluding tert-OH is 7. The topological polar surface area (TPSA) is 231 Å². The highest BCUT2D eigenvalue weighted by Gasteiger charge is 2.47. The second-order valence-electron chi connectivity index (χ2n) is 14.5. The first kappa shape index (κ1) is 51.3. The Labute approximate surface area is 343 Å². The van der Waals surface area contributed by atoms with Crippen LogP contribution in [0.1, 0.15) is 104 Å². The molecule has 7 N–H and O–H groups in total. The maximum atomic E-state index is 12.9. The molecule has 2 aliphatic heterocycles. The van der Waals surface area contributed by atoms with Gasteiger partial charge in [0.05, 0.1) is 19.8 Å². The predicted molar refractivity (Wildman–Crippen MR) is 215 cm³/mol. The van der Waals surface area contributed by atoms with Gasteiger partial charge in [-0.25, -0.2) is 0 Å². The summed E-state index contributed by atoms with van der Waals surface area (Å²) >= 11 is 0. The van der Waals surface area contributed by atoms with Gasteiger partial charge in [0.25, 0.3) is 0 Å². The lowest BCUT2D eigenvalue weighted by molar-refractivity contribution is -0.332. The first-order chi connectivity index (χ1) is 28.0. The highest BCUT2D eigenvalue weighted by Crippen LogP contribution is 2.26. The summed E-state index contributed by atoms with van der Waals surface area (Å²) in [6.45, 7) is 2.21. The number of carbonyl (C=O) groups excluding carboxylic acids is 2. The largest absolute Gasteiger partial charge is 0.462 e. The summed E-state index contributed by atoms with van der Waals surface area (Å²) < 4.78 is 33.3. The summed E-state index contributed by atoms with van der Waals surface area (Å²) in [5, 5.41) is 71.7. The van der Waals surface area contributed by atoms with Crippen LogP contribution in [-0.4, -0.2) is 142 Å². The molecule has 0 bridgehead atoms. The monoisotopic (exact) mass is 826 g/mol. The van der Waals surface area contributed by atoms with Crippen molar-refractivity contribution in [2.45, 2.75) is 171 Å². The molecule has 0 amide bonds. The molecule has 0 radical (unpaired) electrons. The molecule has 5 unspecified atom stereocenters. The number of allylic oxidation sites excluding steroid dienone is 10. The summed E-state index contributed by atoms with van der Waals surface area (Å²) in [6.07, 6.45) is 14.4. The lowest BCUT2D eigenvalue weighted by Gasteiger charge is -2.42. The number of rotatable bonds is 29. The Morgan fingerprint density at radius 3 is 1.83 bits per heavy atom. The van der Waals surface area contributed by atoms with Gasteiger partial charge in [-0.15, -0.1) is 0 Å². The van der Waals surface area contributed by atoms with Gasteiger partial charge in [0.2, 0.25) is 0 Å². The average molecular weight is 827 g/mol. The van der Waals surface area contributed by atoms with E-state index in [2.05, 4.69) is 50.3 Å². The summed E-state index contributed by atoms with van der Waals surface area (Å²) in [6, 6.07) is 0. The van der Waals surface area contributed by atoms with Crippen LogP contribution in [0.15, 0.2) is 60.8 Å². The molecule has 0 aliphatic carbocycles. The number of ether oxygens (including phenoxy) is 6. The molecular weight excluding hydrogens is 756 g/mol. The van der Waals surface area contributed by atoms with Crippen molar-refractivity contribution in [3.05, 3.63) is 60.8 Å². The molecule has 15 nitrogen and oxygen atoms in total. The summed E-state index contributed by atoms with van der Waals surface area (Å²) in [5.41, 5.74) is 0. The number of esters is 2. The van der Waals surface area contributed by atoms with Gasteiger partial charge in [-0.2, -0.15) is 0 Å². The van der Waals surface area contributed by atoms with Gasteiger partial charge in [0, 0.05) is 12.8 Å². The van der Waals surface area contributed by atoms with E-state index in [9.17, 15) is 45.3 Å². The fourth-order valence-corrected chi connectivity index (χ4v) is 6.07. The molecule has 2 heterocycles. The van der Waals surface area contributed by atoms with E-state index in [1.54, 1.807) is 0 Å². The lowest BCUT2D eigenvalue weighted by atomic mass is 9.98. The molecule has 0 spiro atoms. The summed E-state index contributed by atoms with van der Waals surface area (Å²) in [7, 11) is 0. The van der Waals surface area contributed by atoms with Gasteiger partial charge >= 0.3 is 11.9 Å². The van der Waals surface area contributed by atoms with Crippen molar-refractivity contribution in [2.75, 3.05) is 26.4 Å². The average Bonchev–Trinajstić information content (AvgIpc) is 3.21. The van der Waals surface area contributed by atoms with Gasteiger partial charge in [-0.1, -0.05) is 93.9 Å². The predicted octanol–water partition coefficient (Wildman–Crippen LogP) is 3.36. The normalized spacial score (nSPS) is 28.7. The maximum Gasteiger partial charge on any atom is 0.306 e. The van der Waals surface area contributed by atoms with Crippen molar-refractivity contribution < 1.29 is 73.8 Å². The van der Waals surface area contributed by atoms with Gasteiger partial charge in [-0.3, -0.25) is 9.59 Å².